The van der Waals surface area contributed by atoms with Crippen LogP contribution in [0.2, 0.25) is 0 Å². The van der Waals surface area contributed by atoms with Crippen LogP contribution in [0.25, 0.3) is 21.9 Å². The number of hydrogen-bond donors (Lipinski definition) is 0. The summed E-state index contributed by atoms with van der Waals surface area (Å²) in [5, 5.41) is 1.01. The number of hydrogen-bond acceptors (Lipinski definition) is 2. The third kappa shape index (κ3) is 3.13. The number of rotatable bonds is 4. The highest BCUT2D eigenvalue weighted by atomic mass is 16.1. The van der Waals surface area contributed by atoms with Crippen molar-refractivity contribution in [2.75, 3.05) is 0 Å². The number of aromatic nitrogens is 3. The van der Waals surface area contributed by atoms with Crippen LogP contribution in [0, 0.1) is 6.92 Å². The van der Waals surface area contributed by atoms with Crippen molar-refractivity contribution in [2.45, 2.75) is 20.0 Å². The molecule has 0 saturated heterocycles. The van der Waals surface area contributed by atoms with Gasteiger partial charge in [0.15, 0.2) is 0 Å². The van der Waals surface area contributed by atoms with Gasteiger partial charge >= 0.3 is 0 Å². The van der Waals surface area contributed by atoms with E-state index in [-0.39, 0.29) is 5.56 Å². The molecule has 0 aliphatic carbocycles. The first kappa shape index (κ1) is 17.4. The van der Waals surface area contributed by atoms with Crippen molar-refractivity contribution >= 4 is 21.9 Å². The first-order valence-corrected chi connectivity index (χ1v) is 9.76. The minimum absolute atomic E-state index is 0.0119. The Morgan fingerprint density at radius 2 is 1.48 bits per heavy atom. The Hall–Kier alpha value is -3.66. The van der Waals surface area contributed by atoms with Gasteiger partial charge in [-0.15, -0.1) is 0 Å². The number of para-hydroxylation sites is 1. The average molecular weight is 379 g/mol. The molecule has 3 aromatic carbocycles. The fourth-order valence-electron chi connectivity index (χ4n) is 3.88. The molecule has 0 atom stereocenters. The second-order valence-corrected chi connectivity index (χ2v) is 7.45. The summed E-state index contributed by atoms with van der Waals surface area (Å²) < 4.78 is 3.80. The normalized spacial score (nSPS) is 11.3. The molecular weight excluding hydrogens is 358 g/mol. The molecule has 0 fully saturated rings. The first-order chi connectivity index (χ1) is 14.2. The molecule has 2 aromatic heterocycles. The Balaban J connectivity index is 1.71. The van der Waals surface area contributed by atoms with E-state index in [0.717, 1.165) is 27.5 Å². The predicted molar refractivity (Wildman–Crippen MR) is 117 cm³/mol. The van der Waals surface area contributed by atoms with Gasteiger partial charge in [0.25, 0.3) is 5.56 Å². The molecule has 4 heteroatoms. The van der Waals surface area contributed by atoms with Crippen LogP contribution in [0.3, 0.4) is 0 Å². The average Bonchev–Trinajstić information content (AvgIpc) is 3.07. The van der Waals surface area contributed by atoms with Gasteiger partial charge in [-0.25, -0.2) is 4.98 Å². The number of aryl methyl sites for hydroxylation is 1. The van der Waals surface area contributed by atoms with Crippen molar-refractivity contribution in [1.82, 2.24) is 14.1 Å². The van der Waals surface area contributed by atoms with E-state index >= 15 is 0 Å². The topological polar surface area (TPSA) is 39.8 Å². The molecule has 5 aromatic rings. The van der Waals surface area contributed by atoms with Crippen LogP contribution in [0.15, 0.2) is 90.0 Å². The highest BCUT2D eigenvalue weighted by molar-refractivity contribution is 6.05. The molecule has 4 nitrogen and oxygen atoms in total. The zero-order valence-electron chi connectivity index (χ0n) is 16.2. The summed E-state index contributed by atoms with van der Waals surface area (Å²) in [6.45, 7) is 3.22. The minimum Gasteiger partial charge on any atom is -0.330 e. The number of nitrogens with zero attached hydrogens (tertiary/aromatic N) is 3. The molecule has 0 unspecified atom stereocenters. The van der Waals surface area contributed by atoms with Gasteiger partial charge in [0, 0.05) is 11.9 Å². The van der Waals surface area contributed by atoms with Gasteiger partial charge < -0.3 is 4.57 Å². The fraction of sp³-hybridized carbons (Fsp3) is 0.120. The standard InChI is InChI=1S/C25H21N3O/c1-18-11-13-20(14-12-18)16-28-22-10-6-5-9-21(22)23-24(28)25(29)27(17-26-23)15-19-7-3-2-4-8-19/h2-14,17H,15-16H2,1H3. The first-order valence-electron chi connectivity index (χ1n) is 9.76. The van der Waals surface area contributed by atoms with Gasteiger partial charge in [0.1, 0.15) is 11.0 Å². The van der Waals surface area contributed by atoms with Crippen LogP contribution in [-0.4, -0.2) is 14.1 Å². The summed E-state index contributed by atoms with van der Waals surface area (Å²) in [6, 6.07) is 26.6. The summed E-state index contributed by atoms with van der Waals surface area (Å²) in [4.78, 5) is 18.2. The van der Waals surface area contributed by atoms with E-state index in [4.69, 9.17) is 0 Å². The molecule has 0 radical (unpaired) electrons. The summed E-state index contributed by atoms with van der Waals surface area (Å²) >= 11 is 0. The highest BCUT2D eigenvalue weighted by Gasteiger charge is 2.16. The minimum atomic E-state index is -0.0119. The third-order valence-corrected chi connectivity index (χ3v) is 5.39. The molecule has 2 heterocycles. The number of benzene rings is 3. The van der Waals surface area contributed by atoms with Gasteiger partial charge in [-0.2, -0.15) is 0 Å². The van der Waals surface area contributed by atoms with Crippen molar-refractivity contribution in [1.29, 1.82) is 0 Å². The van der Waals surface area contributed by atoms with Gasteiger partial charge in [-0.1, -0.05) is 78.4 Å². The SMILES string of the molecule is Cc1ccc(Cn2c3ccccc3c3ncn(Cc4ccccc4)c(=O)c32)cc1. The Bertz CT molecular complexity index is 1360. The monoisotopic (exact) mass is 379 g/mol. The lowest BCUT2D eigenvalue weighted by molar-refractivity contribution is 0.737. The molecule has 29 heavy (non-hydrogen) atoms. The van der Waals surface area contributed by atoms with Crippen LogP contribution in [-0.2, 0) is 13.1 Å². The molecule has 0 aliphatic heterocycles. The molecular formula is C25H21N3O. The largest absolute Gasteiger partial charge is 0.330 e. The summed E-state index contributed by atoms with van der Waals surface area (Å²) in [7, 11) is 0. The van der Waals surface area contributed by atoms with E-state index in [1.165, 1.54) is 5.56 Å². The molecule has 0 spiro atoms. The van der Waals surface area contributed by atoms with Crippen molar-refractivity contribution in [2.24, 2.45) is 0 Å². The van der Waals surface area contributed by atoms with Gasteiger partial charge in [-0.3, -0.25) is 9.36 Å². The quantitative estimate of drug-likeness (QED) is 0.452. The third-order valence-electron chi connectivity index (χ3n) is 5.39. The van der Waals surface area contributed by atoms with Crippen LogP contribution in [0.5, 0.6) is 0 Å². The Kier molecular flexibility index (Phi) is 4.24. The van der Waals surface area contributed by atoms with E-state index in [1.807, 2.05) is 48.5 Å². The number of fused-ring (bicyclic) bond motifs is 3. The van der Waals surface area contributed by atoms with E-state index in [0.29, 0.717) is 18.6 Å². The second-order valence-electron chi connectivity index (χ2n) is 7.45. The second kappa shape index (κ2) is 7.06. The fourth-order valence-corrected chi connectivity index (χ4v) is 3.88. The van der Waals surface area contributed by atoms with E-state index in [2.05, 4.69) is 46.8 Å². The van der Waals surface area contributed by atoms with Crippen LogP contribution >= 0.6 is 0 Å². The molecule has 0 amide bonds. The lowest BCUT2D eigenvalue weighted by Gasteiger charge is -2.10. The van der Waals surface area contributed by atoms with Gasteiger partial charge in [-0.05, 0) is 24.1 Å². The maximum Gasteiger partial charge on any atom is 0.278 e. The smallest absolute Gasteiger partial charge is 0.278 e. The Morgan fingerprint density at radius 1 is 0.793 bits per heavy atom. The Labute approximate surface area is 168 Å². The summed E-state index contributed by atoms with van der Waals surface area (Å²) in [5.74, 6) is 0. The maximum absolute atomic E-state index is 13.5. The van der Waals surface area contributed by atoms with Gasteiger partial charge in [0.05, 0.1) is 18.4 Å². The van der Waals surface area contributed by atoms with Crippen molar-refractivity contribution < 1.29 is 0 Å². The molecule has 0 N–H and O–H groups in total. The molecule has 142 valence electrons. The van der Waals surface area contributed by atoms with Crippen molar-refractivity contribution in [3.63, 3.8) is 0 Å². The highest BCUT2D eigenvalue weighted by Crippen LogP contribution is 2.26. The lowest BCUT2D eigenvalue weighted by Crippen LogP contribution is -2.23. The Morgan fingerprint density at radius 3 is 2.28 bits per heavy atom. The molecule has 0 saturated carbocycles. The van der Waals surface area contributed by atoms with Crippen LogP contribution in [0.1, 0.15) is 16.7 Å². The lowest BCUT2D eigenvalue weighted by atomic mass is 10.1. The summed E-state index contributed by atoms with van der Waals surface area (Å²) in [6.07, 6.45) is 1.67. The predicted octanol–water partition coefficient (Wildman–Crippen LogP) is 4.76. The maximum atomic E-state index is 13.5. The van der Waals surface area contributed by atoms with Crippen LogP contribution in [0.4, 0.5) is 0 Å². The summed E-state index contributed by atoms with van der Waals surface area (Å²) in [5.41, 5.74) is 5.91. The van der Waals surface area contributed by atoms with E-state index < -0.39 is 0 Å². The van der Waals surface area contributed by atoms with Gasteiger partial charge in [0.2, 0.25) is 0 Å². The van der Waals surface area contributed by atoms with E-state index in [9.17, 15) is 4.79 Å². The van der Waals surface area contributed by atoms with E-state index in [1.54, 1.807) is 10.9 Å². The zero-order chi connectivity index (χ0) is 19.8. The van der Waals surface area contributed by atoms with Crippen molar-refractivity contribution in [3.8, 4) is 0 Å². The zero-order valence-corrected chi connectivity index (χ0v) is 16.2. The molecule has 5 rings (SSSR count). The van der Waals surface area contributed by atoms with Crippen molar-refractivity contribution in [3.05, 3.63) is 112 Å². The molecule has 0 aliphatic rings. The molecule has 0 bridgehead atoms. The van der Waals surface area contributed by atoms with Crippen LogP contribution < -0.4 is 5.56 Å².